The Morgan fingerprint density at radius 1 is 1.09 bits per heavy atom. The second kappa shape index (κ2) is 11.1. The molecule has 4 rings (SSSR count). The summed E-state index contributed by atoms with van der Waals surface area (Å²) in [6.45, 7) is 3.02. The standard InChI is InChI=1S/C25H27N5O4S/c1-4-29-15-21-23(28-29)24(32)30(11-10-17-8-6-5-7-9-17)25(27-21)35-16-22(31)26-18-12-19(33-2)14-20(13-18)34-3/h5-9,12-15H,4,10-11,16H2,1-3H3,(H,26,31). The lowest BCUT2D eigenvalue weighted by Gasteiger charge is -2.12. The second-order valence-electron chi connectivity index (χ2n) is 7.74. The monoisotopic (exact) mass is 493 g/mol. The highest BCUT2D eigenvalue weighted by Gasteiger charge is 2.16. The molecule has 0 aliphatic rings. The van der Waals surface area contributed by atoms with E-state index in [1.165, 1.54) is 11.8 Å². The molecule has 0 radical (unpaired) electrons. The first-order chi connectivity index (χ1) is 17.0. The fourth-order valence-electron chi connectivity index (χ4n) is 3.58. The molecule has 1 N–H and O–H groups in total. The summed E-state index contributed by atoms with van der Waals surface area (Å²) >= 11 is 1.22. The van der Waals surface area contributed by atoms with Crippen molar-refractivity contribution in [1.29, 1.82) is 0 Å². The second-order valence-corrected chi connectivity index (χ2v) is 8.69. The molecule has 4 aromatic rings. The maximum absolute atomic E-state index is 13.3. The molecular formula is C25H27N5O4S. The third-order valence-electron chi connectivity index (χ3n) is 5.40. The number of nitrogens with zero attached hydrogens (tertiary/aromatic N) is 4. The number of hydrogen-bond acceptors (Lipinski definition) is 7. The first kappa shape index (κ1) is 24.3. The summed E-state index contributed by atoms with van der Waals surface area (Å²) in [4.78, 5) is 30.7. The Morgan fingerprint density at radius 3 is 2.46 bits per heavy atom. The summed E-state index contributed by atoms with van der Waals surface area (Å²) in [5.74, 6) is 0.979. The first-order valence-electron chi connectivity index (χ1n) is 11.2. The van der Waals surface area contributed by atoms with Gasteiger partial charge in [0.05, 0.1) is 26.2 Å². The Bertz CT molecular complexity index is 1360. The van der Waals surface area contributed by atoms with Gasteiger partial charge in [0.1, 0.15) is 17.0 Å². The number of fused-ring (bicyclic) bond motifs is 1. The zero-order chi connectivity index (χ0) is 24.8. The number of carbonyl (C=O) groups excluding carboxylic acids is 1. The zero-order valence-electron chi connectivity index (χ0n) is 19.9. The van der Waals surface area contributed by atoms with Crippen molar-refractivity contribution < 1.29 is 14.3 Å². The lowest BCUT2D eigenvalue weighted by molar-refractivity contribution is -0.113. The van der Waals surface area contributed by atoms with Crippen LogP contribution in [0.3, 0.4) is 0 Å². The molecule has 182 valence electrons. The van der Waals surface area contributed by atoms with Crippen LogP contribution in [0.1, 0.15) is 12.5 Å². The van der Waals surface area contributed by atoms with Crippen LogP contribution in [-0.2, 0) is 24.3 Å². The highest BCUT2D eigenvalue weighted by molar-refractivity contribution is 7.99. The number of aromatic nitrogens is 4. The number of aryl methyl sites for hydroxylation is 2. The Morgan fingerprint density at radius 2 is 1.80 bits per heavy atom. The molecule has 0 aliphatic heterocycles. The minimum absolute atomic E-state index is 0.0741. The van der Waals surface area contributed by atoms with E-state index in [9.17, 15) is 9.59 Å². The third-order valence-corrected chi connectivity index (χ3v) is 6.37. The van der Waals surface area contributed by atoms with Crippen LogP contribution in [0.2, 0.25) is 0 Å². The van der Waals surface area contributed by atoms with Crippen molar-refractivity contribution in [2.24, 2.45) is 0 Å². The number of benzene rings is 2. The first-order valence-corrected chi connectivity index (χ1v) is 12.2. The quantitative estimate of drug-likeness (QED) is 0.266. The lowest BCUT2D eigenvalue weighted by atomic mass is 10.1. The molecule has 0 saturated heterocycles. The molecule has 0 spiro atoms. The molecule has 0 fully saturated rings. The SMILES string of the molecule is CCn1cc2nc(SCC(=O)Nc3cc(OC)cc(OC)c3)n(CCc3ccccc3)c(=O)c2n1. The molecular weight excluding hydrogens is 466 g/mol. The molecule has 0 unspecified atom stereocenters. The van der Waals surface area contributed by atoms with Gasteiger partial charge in [0.2, 0.25) is 5.91 Å². The van der Waals surface area contributed by atoms with Crippen LogP contribution in [0, 0.1) is 0 Å². The topological polar surface area (TPSA) is 100 Å². The van der Waals surface area contributed by atoms with Gasteiger partial charge in [-0.2, -0.15) is 5.10 Å². The fourth-order valence-corrected chi connectivity index (χ4v) is 4.41. The number of nitrogens with one attached hydrogen (secondary N) is 1. The number of hydrogen-bond donors (Lipinski definition) is 1. The summed E-state index contributed by atoms with van der Waals surface area (Å²) in [7, 11) is 3.10. The van der Waals surface area contributed by atoms with Crippen LogP contribution in [0.25, 0.3) is 11.0 Å². The van der Waals surface area contributed by atoms with Crippen molar-refractivity contribution in [3.63, 3.8) is 0 Å². The van der Waals surface area contributed by atoms with Crippen molar-refractivity contribution in [2.75, 3.05) is 25.3 Å². The number of methoxy groups -OCH3 is 2. The molecule has 0 saturated carbocycles. The van der Waals surface area contributed by atoms with Crippen molar-refractivity contribution >= 4 is 34.4 Å². The molecule has 2 heterocycles. The Hall–Kier alpha value is -3.79. The van der Waals surface area contributed by atoms with E-state index in [0.717, 1.165) is 5.56 Å². The maximum atomic E-state index is 13.3. The predicted octanol–water partition coefficient (Wildman–Crippen LogP) is 3.60. The number of amides is 1. The van der Waals surface area contributed by atoms with Crippen molar-refractivity contribution in [2.45, 2.75) is 31.6 Å². The van der Waals surface area contributed by atoms with Gasteiger partial charge in [-0.15, -0.1) is 0 Å². The molecule has 35 heavy (non-hydrogen) atoms. The molecule has 10 heteroatoms. The van der Waals surface area contributed by atoms with Crippen LogP contribution in [0.5, 0.6) is 11.5 Å². The minimum Gasteiger partial charge on any atom is -0.497 e. The molecule has 1 amide bonds. The zero-order valence-corrected chi connectivity index (χ0v) is 20.7. The Labute approximate surface area is 207 Å². The smallest absolute Gasteiger partial charge is 0.282 e. The van der Waals surface area contributed by atoms with Crippen LogP contribution >= 0.6 is 11.8 Å². The summed E-state index contributed by atoms with van der Waals surface area (Å²) in [5, 5.41) is 7.71. The summed E-state index contributed by atoms with van der Waals surface area (Å²) in [6.07, 6.45) is 2.41. The van der Waals surface area contributed by atoms with Gasteiger partial charge in [0.15, 0.2) is 10.7 Å². The van der Waals surface area contributed by atoms with Crippen molar-refractivity contribution in [1.82, 2.24) is 19.3 Å². The van der Waals surface area contributed by atoms with Gasteiger partial charge in [-0.25, -0.2) is 4.98 Å². The van der Waals surface area contributed by atoms with Gasteiger partial charge in [0.25, 0.3) is 5.56 Å². The van der Waals surface area contributed by atoms with E-state index >= 15 is 0 Å². The molecule has 2 aromatic heterocycles. The maximum Gasteiger partial charge on any atom is 0.282 e. The highest BCUT2D eigenvalue weighted by Crippen LogP contribution is 2.26. The fraction of sp³-hybridized carbons (Fsp3) is 0.280. The van der Waals surface area contributed by atoms with Crippen LogP contribution < -0.4 is 20.3 Å². The Kier molecular flexibility index (Phi) is 7.71. The molecule has 2 aromatic carbocycles. The predicted molar refractivity (Wildman–Crippen MR) is 137 cm³/mol. The van der Waals surface area contributed by atoms with Crippen LogP contribution in [0.15, 0.2) is 64.7 Å². The van der Waals surface area contributed by atoms with Gasteiger partial charge >= 0.3 is 0 Å². The average Bonchev–Trinajstić information content (AvgIpc) is 3.31. The van der Waals surface area contributed by atoms with E-state index in [0.29, 0.717) is 52.9 Å². The van der Waals surface area contributed by atoms with Crippen LogP contribution in [-0.4, -0.2) is 45.2 Å². The van der Waals surface area contributed by atoms with Gasteiger partial charge in [0, 0.05) is 37.0 Å². The summed E-state index contributed by atoms with van der Waals surface area (Å²) in [6, 6.07) is 15.1. The van der Waals surface area contributed by atoms with Gasteiger partial charge in [-0.05, 0) is 18.9 Å². The van der Waals surface area contributed by atoms with E-state index < -0.39 is 0 Å². The summed E-state index contributed by atoms with van der Waals surface area (Å²) in [5.41, 5.74) is 2.31. The number of carbonyl (C=O) groups is 1. The molecule has 0 bridgehead atoms. The lowest BCUT2D eigenvalue weighted by Crippen LogP contribution is -2.25. The number of rotatable bonds is 10. The van der Waals surface area contributed by atoms with Crippen molar-refractivity contribution in [3.05, 3.63) is 70.6 Å². The van der Waals surface area contributed by atoms with Crippen LogP contribution in [0.4, 0.5) is 5.69 Å². The van der Waals surface area contributed by atoms with Gasteiger partial charge in [-0.3, -0.25) is 18.8 Å². The van der Waals surface area contributed by atoms with E-state index in [4.69, 9.17) is 9.47 Å². The molecule has 0 atom stereocenters. The number of ether oxygens (including phenoxy) is 2. The normalized spacial score (nSPS) is 10.9. The van der Waals surface area contributed by atoms with Crippen molar-refractivity contribution in [3.8, 4) is 11.5 Å². The Balaban J connectivity index is 1.56. The average molecular weight is 494 g/mol. The van der Waals surface area contributed by atoms with E-state index in [2.05, 4.69) is 15.4 Å². The minimum atomic E-state index is -0.237. The summed E-state index contributed by atoms with van der Waals surface area (Å²) < 4.78 is 13.8. The van der Waals surface area contributed by atoms with Gasteiger partial charge < -0.3 is 14.8 Å². The van der Waals surface area contributed by atoms with E-state index in [1.54, 1.807) is 47.9 Å². The highest BCUT2D eigenvalue weighted by atomic mass is 32.2. The molecule has 0 aliphatic carbocycles. The number of thioether (sulfide) groups is 1. The van der Waals surface area contributed by atoms with E-state index in [-0.39, 0.29) is 17.2 Å². The largest absolute Gasteiger partial charge is 0.497 e. The van der Waals surface area contributed by atoms with E-state index in [1.807, 2.05) is 37.3 Å². The molecule has 9 nitrogen and oxygen atoms in total. The van der Waals surface area contributed by atoms with Gasteiger partial charge in [-0.1, -0.05) is 42.1 Å². The number of anilines is 1. The third kappa shape index (κ3) is 5.83.